The third-order valence-corrected chi connectivity index (χ3v) is 10.4. The average Bonchev–Trinajstić information content (AvgIpc) is 3.71. The molecule has 5 atom stereocenters. The van der Waals surface area contributed by atoms with Gasteiger partial charge in [0.05, 0.1) is 11.6 Å². The van der Waals surface area contributed by atoms with Gasteiger partial charge in [-0.05, 0) is 93.9 Å². The Kier molecular flexibility index (Phi) is 8.89. The normalized spacial score (nSPS) is 25.8. The Balaban J connectivity index is 1.31. The number of carbonyl (C=O) groups excluding carboxylic acids is 3. The van der Waals surface area contributed by atoms with E-state index in [9.17, 15) is 24.6 Å². The van der Waals surface area contributed by atoms with Crippen molar-refractivity contribution in [2.75, 3.05) is 20.1 Å². The Bertz CT molecular complexity index is 1930. The second-order valence-corrected chi connectivity index (χ2v) is 14.9. The summed E-state index contributed by atoms with van der Waals surface area (Å²) in [6, 6.07) is 12.2. The highest BCUT2D eigenvalue weighted by atomic mass is 16.7. The molecule has 0 bridgehead atoms. The number of aliphatic hydroxyl groups is 2. The van der Waals surface area contributed by atoms with Crippen LogP contribution in [-0.2, 0) is 22.6 Å². The molecule has 3 N–H and O–H groups in total. The Labute approximate surface area is 296 Å². The zero-order valence-electron chi connectivity index (χ0n) is 29.2. The molecule has 3 aromatic rings. The van der Waals surface area contributed by atoms with Gasteiger partial charge in [0.15, 0.2) is 11.4 Å². The fourth-order valence-electron chi connectivity index (χ4n) is 8.13. The number of ketones is 2. The highest BCUT2D eigenvalue weighted by Gasteiger charge is 2.65. The molecule has 1 aromatic heterocycles. The van der Waals surface area contributed by atoms with Crippen molar-refractivity contribution in [2.24, 2.45) is 11.8 Å². The number of hydrogen-bond donors (Lipinski definition) is 3. The number of rotatable bonds is 8. The van der Waals surface area contributed by atoms with Crippen molar-refractivity contribution >= 4 is 23.5 Å². The molecule has 12 nitrogen and oxygen atoms in total. The van der Waals surface area contributed by atoms with Crippen molar-refractivity contribution in [3.8, 4) is 11.6 Å². The summed E-state index contributed by atoms with van der Waals surface area (Å²) in [6.07, 6.45) is 3.02. The predicted octanol–water partition coefficient (Wildman–Crippen LogP) is 5.81. The minimum Gasteiger partial charge on any atom is -0.507 e. The third-order valence-electron chi connectivity index (χ3n) is 10.4. The molecule has 3 aliphatic carbocycles. The van der Waals surface area contributed by atoms with Crippen molar-refractivity contribution in [1.82, 2.24) is 15.4 Å². The van der Waals surface area contributed by atoms with Crippen LogP contribution in [0, 0.1) is 11.8 Å². The lowest BCUT2D eigenvalue weighted by atomic mass is 9.57. The summed E-state index contributed by atoms with van der Waals surface area (Å²) in [4.78, 5) is 44.3. The van der Waals surface area contributed by atoms with Crippen LogP contribution in [0.15, 0.2) is 65.2 Å². The Morgan fingerprint density at radius 1 is 1.18 bits per heavy atom. The van der Waals surface area contributed by atoms with Crippen LogP contribution in [0.25, 0.3) is 5.76 Å². The van der Waals surface area contributed by atoms with E-state index in [0.29, 0.717) is 12.0 Å². The van der Waals surface area contributed by atoms with Gasteiger partial charge in [-0.15, -0.1) is 6.58 Å². The molecule has 0 radical (unpaired) electrons. The lowest BCUT2D eigenvalue weighted by Gasteiger charge is -2.48. The van der Waals surface area contributed by atoms with Gasteiger partial charge < -0.3 is 34.3 Å². The minimum atomic E-state index is -2.59. The monoisotopic (exact) mass is 697 g/mol. The van der Waals surface area contributed by atoms with Gasteiger partial charge in [0.1, 0.15) is 29.3 Å². The SMILES string of the molecule is C=CCN[C@@H]1c2onc(OCc3ccccc3)c2C(=O)[C@@]2(O)C(=O)C3=C(O)c4c(cc(C5CCCN5C)cc4OC(=O)OC(C)(C)C)C[C@H]3C[C@@H]12. The number of carbonyl (C=O) groups is 3. The minimum absolute atomic E-state index is 0.0424. The van der Waals surface area contributed by atoms with E-state index in [1.54, 1.807) is 32.9 Å². The number of ether oxygens (including phenoxy) is 3. The van der Waals surface area contributed by atoms with Gasteiger partial charge >= 0.3 is 6.16 Å². The maximum atomic E-state index is 14.7. The highest BCUT2D eigenvalue weighted by molar-refractivity contribution is 6.26. The van der Waals surface area contributed by atoms with Crippen molar-refractivity contribution < 1.29 is 43.3 Å². The number of likely N-dealkylation sites (tertiary alicyclic amines) is 1. The number of benzene rings is 2. The summed E-state index contributed by atoms with van der Waals surface area (Å²) in [6.45, 7) is 10.2. The van der Waals surface area contributed by atoms with E-state index in [-0.39, 0.29) is 59.7 Å². The molecule has 51 heavy (non-hydrogen) atoms. The molecule has 4 aliphatic rings. The van der Waals surface area contributed by atoms with Crippen LogP contribution in [0.3, 0.4) is 0 Å². The van der Waals surface area contributed by atoms with Gasteiger partial charge in [-0.25, -0.2) is 4.79 Å². The van der Waals surface area contributed by atoms with Crippen LogP contribution in [0.2, 0.25) is 0 Å². The lowest BCUT2D eigenvalue weighted by Crippen LogP contribution is -2.63. The first-order valence-corrected chi connectivity index (χ1v) is 17.4. The molecule has 1 saturated carbocycles. The maximum absolute atomic E-state index is 14.7. The summed E-state index contributed by atoms with van der Waals surface area (Å²) in [5, 5.41) is 31.7. The van der Waals surface area contributed by atoms with Crippen molar-refractivity contribution in [3.05, 3.63) is 94.3 Å². The smallest absolute Gasteiger partial charge is 0.507 e. The van der Waals surface area contributed by atoms with Gasteiger partial charge in [-0.2, -0.15) is 0 Å². The van der Waals surface area contributed by atoms with Crippen molar-refractivity contribution in [1.29, 1.82) is 0 Å². The van der Waals surface area contributed by atoms with Gasteiger partial charge in [-0.3, -0.25) is 14.5 Å². The molecule has 1 saturated heterocycles. The van der Waals surface area contributed by atoms with E-state index in [0.717, 1.165) is 30.5 Å². The molecule has 0 amide bonds. The maximum Gasteiger partial charge on any atom is 0.514 e. The number of aliphatic hydroxyl groups excluding tert-OH is 1. The molecule has 2 fully saturated rings. The zero-order valence-corrected chi connectivity index (χ0v) is 29.2. The molecule has 268 valence electrons. The van der Waals surface area contributed by atoms with E-state index in [4.69, 9.17) is 18.7 Å². The standard InChI is InChI=1S/C39H43N3O9/c1-6-14-40-31-25-18-24-17-23-16-22(26-13-10-15-42(26)5)19-27(49-37(46)50-38(2,3)4)28(23)32(43)29(24)34(44)39(25,47)35(45)30-33(31)51-41-36(30)48-20-21-11-8-7-9-12-21/h6-9,11-12,16,19,24-26,31,40,43,47H,1,10,13-15,17-18,20H2,2-5H3/t24-,25-,26?,31-,39-/m0/s1. The molecular weight excluding hydrogens is 654 g/mol. The molecule has 1 aliphatic heterocycles. The summed E-state index contributed by atoms with van der Waals surface area (Å²) in [5.74, 6) is -3.75. The van der Waals surface area contributed by atoms with Crippen molar-refractivity contribution in [3.63, 3.8) is 0 Å². The quantitative estimate of drug-likeness (QED) is 0.112. The number of nitrogens with zero attached hydrogens (tertiary/aromatic N) is 2. The number of hydrogen-bond acceptors (Lipinski definition) is 12. The Hall–Kier alpha value is -4.78. The van der Waals surface area contributed by atoms with E-state index >= 15 is 0 Å². The van der Waals surface area contributed by atoms with Crippen LogP contribution in [0.4, 0.5) is 4.79 Å². The summed E-state index contributed by atoms with van der Waals surface area (Å²) in [7, 11) is 2.04. The number of nitrogens with one attached hydrogen (secondary N) is 1. The Morgan fingerprint density at radius 2 is 1.94 bits per heavy atom. The molecule has 1 unspecified atom stereocenters. The van der Waals surface area contributed by atoms with E-state index < -0.39 is 52.6 Å². The van der Waals surface area contributed by atoms with E-state index in [1.807, 2.05) is 43.4 Å². The van der Waals surface area contributed by atoms with Crippen LogP contribution in [-0.4, -0.2) is 69.3 Å². The first kappa shape index (κ1) is 34.7. The van der Waals surface area contributed by atoms with E-state index in [2.05, 4.69) is 22.0 Å². The van der Waals surface area contributed by atoms with E-state index in [1.165, 1.54) is 0 Å². The topological polar surface area (TPSA) is 161 Å². The average molecular weight is 698 g/mol. The second kappa shape index (κ2) is 13.1. The molecule has 0 spiro atoms. The van der Waals surface area contributed by atoms with Gasteiger partial charge in [0.25, 0.3) is 5.88 Å². The highest BCUT2D eigenvalue weighted by Crippen LogP contribution is 2.55. The number of Topliss-reactive ketones (excluding diaryl/α,β-unsaturated/α-hetero) is 2. The van der Waals surface area contributed by atoms with Crippen LogP contribution < -0.4 is 14.8 Å². The molecule has 2 heterocycles. The van der Waals surface area contributed by atoms with Crippen molar-refractivity contribution in [2.45, 2.75) is 76.3 Å². The number of aromatic nitrogens is 1. The fraction of sp³-hybridized carbons (Fsp3) is 0.436. The van der Waals surface area contributed by atoms with Gasteiger partial charge in [-0.1, -0.05) is 42.5 Å². The summed E-state index contributed by atoms with van der Waals surface area (Å²) in [5.41, 5.74) is -1.08. The van der Waals surface area contributed by atoms with Crippen LogP contribution in [0.5, 0.6) is 11.6 Å². The second-order valence-electron chi connectivity index (χ2n) is 14.9. The largest absolute Gasteiger partial charge is 0.514 e. The third kappa shape index (κ3) is 6.04. The molecular formula is C39H43N3O9. The summed E-state index contributed by atoms with van der Waals surface area (Å²) >= 11 is 0. The predicted molar refractivity (Wildman–Crippen MR) is 185 cm³/mol. The zero-order chi connectivity index (χ0) is 36.2. The first-order valence-electron chi connectivity index (χ1n) is 17.4. The Morgan fingerprint density at radius 3 is 2.63 bits per heavy atom. The van der Waals surface area contributed by atoms with Gasteiger partial charge in [0.2, 0.25) is 11.6 Å². The fourth-order valence-corrected chi connectivity index (χ4v) is 8.13. The first-order chi connectivity index (χ1) is 24.3. The van der Waals surface area contributed by atoms with Gasteiger partial charge in [0, 0.05) is 24.1 Å². The lowest BCUT2D eigenvalue weighted by molar-refractivity contribution is -0.140. The van der Waals surface area contributed by atoms with Crippen LogP contribution >= 0.6 is 0 Å². The molecule has 2 aromatic carbocycles. The van der Waals surface area contributed by atoms with Crippen LogP contribution in [0.1, 0.15) is 90.5 Å². The number of fused-ring (bicyclic) bond motifs is 4. The molecule has 7 rings (SSSR count). The summed E-state index contributed by atoms with van der Waals surface area (Å²) < 4.78 is 22.9. The molecule has 12 heteroatoms.